The minimum Gasteiger partial charge on any atom is -0.487 e. The standard InChI is InChI=1S/C25H22Cl2N4O5S/c1-15-12-20(31-11-10-28-14-31)16-4-2-6-21(24(16)30-15)35-13-17-18(26)7-8-22(23(17)27)37(33,34)36-25(32)19-5-3-9-29-19/h2,4,6-8,10-12,14,19,29H,3,5,9,13H2,1H3/t19-/m1/s1. The largest absolute Gasteiger partial charge is 0.487 e. The Bertz CT molecular complexity index is 1590. The van der Waals surface area contributed by atoms with Crippen LogP contribution in [0.4, 0.5) is 0 Å². The lowest BCUT2D eigenvalue weighted by molar-refractivity contribution is -0.135. The molecule has 0 unspecified atom stereocenters. The van der Waals surface area contributed by atoms with E-state index in [1.807, 2.05) is 35.9 Å². The van der Waals surface area contributed by atoms with Gasteiger partial charge in [-0.05, 0) is 50.6 Å². The van der Waals surface area contributed by atoms with Gasteiger partial charge in [0.2, 0.25) is 0 Å². The van der Waals surface area contributed by atoms with Gasteiger partial charge in [0.1, 0.15) is 28.8 Å². The van der Waals surface area contributed by atoms with Gasteiger partial charge in [-0.1, -0.05) is 35.3 Å². The highest BCUT2D eigenvalue weighted by Crippen LogP contribution is 2.35. The molecule has 2 aromatic carbocycles. The fourth-order valence-corrected chi connectivity index (χ4v) is 5.97. The van der Waals surface area contributed by atoms with Crippen molar-refractivity contribution in [3.05, 3.63) is 76.4 Å². The van der Waals surface area contributed by atoms with Crippen LogP contribution in [0.5, 0.6) is 5.75 Å². The van der Waals surface area contributed by atoms with Crippen molar-refractivity contribution < 1.29 is 22.1 Å². The van der Waals surface area contributed by atoms with Crippen molar-refractivity contribution in [1.82, 2.24) is 19.9 Å². The zero-order chi connectivity index (χ0) is 26.2. The molecule has 9 nitrogen and oxygen atoms in total. The molecule has 5 rings (SSSR count). The van der Waals surface area contributed by atoms with E-state index in [9.17, 15) is 13.2 Å². The average Bonchev–Trinajstić information content (AvgIpc) is 3.58. The highest BCUT2D eigenvalue weighted by atomic mass is 35.5. The van der Waals surface area contributed by atoms with Crippen molar-refractivity contribution in [2.75, 3.05) is 6.54 Å². The molecule has 1 N–H and O–H groups in total. The topological polar surface area (TPSA) is 112 Å². The van der Waals surface area contributed by atoms with E-state index in [2.05, 4.69) is 15.3 Å². The summed E-state index contributed by atoms with van der Waals surface area (Å²) in [6.45, 7) is 2.35. The zero-order valence-electron chi connectivity index (χ0n) is 19.6. The van der Waals surface area contributed by atoms with Gasteiger partial charge in [-0.3, -0.25) is 0 Å². The van der Waals surface area contributed by atoms with Gasteiger partial charge in [0, 0.05) is 34.1 Å². The second-order valence-electron chi connectivity index (χ2n) is 8.54. The molecule has 0 spiro atoms. The molecule has 0 radical (unpaired) electrons. The van der Waals surface area contributed by atoms with Gasteiger partial charge in [0.05, 0.1) is 17.0 Å². The number of nitrogens with zero attached hydrogens (tertiary/aromatic N) is 3. The Balaban J connectivity index is 1.44. The molecule has 4 aromatic rings. The maximum atomic E-state index is 12.9. The van der Waals surface area contributed by atoms with Crippen LogP contribution in [0.2, 0.25) is 10.0 Å². The molecular weight excluding hydrogens is 539 g/mol. The first-order valence-electron chi connectivity index (χ1n) is 11.4. The minimum atomic E-state index is -4.48. The van der Waals surface area contributed by atoms with E-state index in [1.165, 1.54) is 12.1 Å². The Hall–Kier alpha value is -3.18. The van der Waals surface area contributed by atoms with Crippen LogP contribution in [0.25, 0.3) is 16.6 Å². The summed E-state index contributed by atoms with van der Waals surface area (Å²) in [4.78, 5) is 20.7. The summed E-state index contributed by atoms with van der Waals surface area (Å²) < 4.78 is 38.5. The molecule has 0 saturated carbocycles. The molecule has 3 heterocycles. The number of halogens is 2. The number of aromatic nitrogens is 3. The van der Waals surface area contributed by atoms with E-state index in [4.69, 9.17) is 32.1 Å². The Morgan fingerprint density at radius 1 is 1.24 bits per heavy atom. The summed E-state index contributed by atoms with van der Waals surface area (Å²) in [5.74, 6) is -0.408. The summed E-state index contributed by atoms with van der Waals surface area (Å²) in [5, 5.41) is 3.77. The molecule has 1 aliphatic rings. The lowest BCUT2D eigenvalue weighted by Gasteiger charge is -2.16. The van der Waals surface area contributed by atoms with E-state index in [1.54, 1.807) is 18.6 Å². The molecule has 0 aliphatic carbocycles. The van der Waals surface area contributed by atoms with Gasteiger partial charge in [-0.15, -0.1) is 0 Å². The molecule has 1 saturated heterocycles. The average molecular weight is 561 g/mol. The van der Waals surface area contributed by atoms with Gasteiger partial charge in [-0.2, -0.15) is 8.42 Å². The number of hydrogen-bond donors (Lipinski definition) is 1. The summed E-state index contributed by atoms with van der Waals surface area (Å²) in [5.41, 5.74) is 2.50. The maximum Gasteiger partial charge on any atom is 0.343 e. The summed E-state index contributed by atoms with van der Waals surface area (Å²) in [6.07, 6.45) is 6.48. The van der Waals surface area contributed by atoms with Crippen LogP contribution in [0.1, 0.15) is 24.1 Å². The van der Waals surface area contributed by atoms with Gasteiger partial charge < -0.3 is 18.8 Å². The lowest BCUT2D eigenvalue weighted by atomic mass is 10.1. The van der Waals surface area contributed by atoms with Crippen molar-refractivity contribution in [2.45, 2.75) is 37.3 Å². The van der Waals surface area contributed by atoms with Crippen molar-refractivity contribution in [2.24, 2.45) is 0 Å². The number of carbonyl (C=O) groups is 1. The molecule has 192 valence electrons. The first kappa shape index (κ1) is 25.5. The number of nitrogens with one attached hydrogen (secondary N) is 1. The van der Waals surface area contributed by atoms with Crippen molar-refractivity contribution in [1.29, 1.82) is 0 Å². The fraction of sp³-hybridized carbons (Fsp3) is 0.240. The molecule has 2 aromatic heterocycles. The molecule has 0 amide bonds. The lowest BCUT2D eigenvalue weighted by Crippen LogP contribution is -2.33. The van der Waals surface area contributed by atoms with Crippen LogP contribution in [0.15, 0.2) is 60.0 Å². The Morgan fingerprint density at radius 2 is 2.08 bits per heavy atom. The van der Waals surface area contributed by atoms with Crippen LogP contribution in [-0.2, 0) is 25.7 Å². The van der Waals surface area contributed by atoms with E-state index in [0.717, 1.165) is 23.2 Å². The number of rotatable bonds is 7. The molecule has 1 aliphatic heterocycles. The number of carbonyl (C=O) groups excluding carboxylic acids is 1. The number of hydrogen-bond acceptors (Lipinski definition) is 8. The third kappa shape index (κ3) is 5.15. The van der Waals surface area contributed by atoms with Crippen molar-refractivity contribution >= 4 is 50.2 Å². The van der Waals surface area contributed by atoms with Crippen LogP contribution in [0, 0.1) is 6.92 Å². The first-order valence-corrected chi connectivity index (χ1v) is 13.6. The van der Waals surface area contributed by atoms with Crippen LogP contribution in [0.3, 0.4) is 0 Å². The van der Waals surface area contributed by atoms with E-state index in [-0.39, 0.29) is 27.1 Å². The molecule has 1 fully saturated rings. The van der Waals surface area contributed by atoms with Gasteiger partial charge in [0.25, 0.3) is 0 Å². The van der Waals surface area contributed by atoms with Gasteiger partial charge >= 0.3 is 16.1 Å². The number of imidazole rings is 1. The maximum absolute atomic E-state index is 12.9. The van der Waals surface area contributed by atoms with Gasteiger partial charge in [-0.25, -0.2) is 14.8 Å². The predicted molar refractivity (Wildman–Crippen MR) is 139 cm³/mol. The van der Waals surface area contributed by atoms with Crippen LogP contribution in [-0.4, -0.2) is 41.5 Å². The number of aryl methyl sites for hydroxylation is 1. The van der Waals surface area contributed by atoms with Crippen LogP contribution >= 0.6 is 23.2 Å². The quantitative estimate of drug-likeness (QED) is 0.326. The highest BCUT2D eigenvalue weighted by Gasteiger charge is 2.31. The molecular formula is C25H22Cl2N4O5S. The second-order valence-corrected chi connectivity index (χ2v) is 10.8. The number of para-hydroxylation sites is 1. The van der Waals surface area contributed by atoms with E-state index >= 15 is 0 Å². The number of benzene rings is 2. The Kier molecular flexibility index (Phi) is 7.09. The van der Waals surface area contributed by atoms with E-state index < -0.39 is 22.1 Å². The molecule has 0 bridgehead atoms. The Morgan fingerprint density at radius 3 is 2.81 bits per heavy atom. The SMILES string of the molecule is Cc1cc(-n2ccnc2)c2cccc(OCc3c(Cl)ccc(S(=O)(=O)OC(=O)[C@H]4CCCN4)c3Cl)c2n1. The summed E-state index contributed by atoms with van der Waals surface area (Å²) >= 11 is 12.8. The number of fused-ring (bicyclic) bond motifs is 1. The fourth-order valence-electron chi connectivity index (χ4n) is 4.21. The number of ether oxygens (including phenoxy) is 1. The van der Waals surface area contributed by atoms with Gasteiger partial charge in [0.15, 0.2) is 0 Å². The predicted octanol–water partition coefficient (Wildman–Crippen LogP) is 4.60. The van der Waals surface area contributed by atoms with E-state index in [0.29, 0.717) is 24.2 Å². The third-order valence-electron chi connectivity index (χ3n) is 6.02. The highest BCUT2D eigenvalue weighted by molar-refractivity contribution is 7.87. The van der Waals surface area contributed by atoms with Crippen molar-refractivity contribution in [3.63, 3.8) is 0 Å². The number of pyridine rings is 1. The van der Waals surface area contributed by atoms with Crippen molar-refractivity contribution in [3.8, 4) is 11.4 Å². The molecule has 12 heteroatoms. The minimum absolute atomic E-state index is 0.145. The monoisotopic (exact) mass is 560 g/mol. The first-order chi connectivity index (χ1) is 17.7. The third-order valence-corrected chi connectivity index (χ3v) is 8.18. The van der Waals surface area contributed by atoms with Crippen LogP contribution < -0.4 is 10.1 Å². The Labute approximate surface area is 223 Å². The summed E-state index contributed by atoms with van der Waals surface area (Å²) in [7, 11) is -4.48. The second kappa shape index (κ2) is 10.3. The normalized spacial score (nSPS) is 15.7. The smallest absolute Gasteiger partial charge is 0.343 e. The molecule has 1 atom stereocenters. The summed E-state index contributed by atoms with van der Waals surface area (Å²) in [6, 6.07) is 9.37. The molecule has 37 heavy (non-hydrogen) atoms. The zero-order valence-corrected chi connectivity index (χ0v) is 22.0.